The average Bonchev–Trinajstić information content (AvgIpc) is 3.17. The Labute approximate surface area is 180 Å². The van der Waals surface area contributed by atoms with E-state index in [-0.39, 0.29) is 18.2 Å². The maximum atomic E-state index is 6.16. The minimum Gasteiger partial charge on any atom is -0.491 e. The zero-order chi connectivity index (χ0) is 20.8. The Kier molecular flexibility index (Phi) is 4.78. The van der Waals surface area contributed by atoms with E-state index in [2.05, 4.69) is 50.3 Å². The topological polar surface area (TPSA) is 84.5 Å². The largest absolute Gasteiger partial charge is 0.491 e. The Bertz CT molecular complexity index is 1080. The molecule has 0 spiro atoms. The summed E-state index contributed by atoms with van der Waals surface area (Å²) in [6.07, 6.45) is 1.84. The minimum absolute atomic E-state index is 0.0544. The molecular formula is C23H27N5O3. The van der Waals surface area contributed by atoms with Crippen LogP contribution in [0.5, 0.6) is 5.75 Å². The van der Waals surface area contributed by atoms with Crippen LogP contribution in [0.25, 0.3) is 11.0 Å². The summed E-state index contributed by atoms with van der Waals surface area (Å²) in [5.41, 5.74) is 3.18. The molecule has 3 aromatic rings. The minimum atomic E-state index is 0.0544. The number of aromatic nitrogens is 3. The van der Waals surface area contributed by atoms with E-state index >= 15 is 0 Å². The van der Waals surface area contributed by atoms with E-state index < -0.39 is 0 Å². The molecule has 8 nitrogen and oxygen atoms in total. The standard InChI is InChI=1S/C23H27N5O3/c1-14-9-28(6-7-30-14)19-12-31-20-5-3-2-4-16(20)21(19)27-23-17-8-18(15-10-29-11-15)26-22(17)24-13-25-23/h2-5,8,13-15,19,21H,6-7,9-12H2,1H3,(H2,24,25,26,27)/t14-,19+,21+/m1/s1. The highest BCUT2D eigenvalue weighted by atomic mass is 16.5. The molecule has 3 aliphatic rings. The molecular weight excluding hydrogens is 394 g/mol. The van der Waals surface area contributed by atoms with E-state index in [1.54, 1.807) is 6.33 Å². The van der Waals surface area contributed by atoms with Gasteiger partial charge in [-0.25, -0.2) is 9.97 Å². The molecule has 8 heteroatoms. The van der Waals surface area contributed by atoms with E-state index in [0.29, 0.717) is 12.5 Å². The first-order valence-corrected chi connectivity index (χ1v) is 11.0. The van der Waals surface area contributed by atoms with Crippen molar-refractivity contribution >= 4 is 16.9 Å². The van der Waals surface area contributed by atoms with Crippen LogP contribution in [0.2, 0.25) is 0 Å². The number of nitrogens with one attached hydrogen (secondary N) is 2. The summed E-state index contributed by atoms with van der Waals surface area (Å²) in [5.74, 6) is 2.19. The molecule has 2 aromatic heterocycles. The Hall–Kier alpha value is -2.68. The number of H-pyrrole nitrogens is 1. The molecule has 2 N–H and O–H groups in total. The van der Waals surface area contributed by atoms with Crippen LogP contribution in [0.4, 0.5) is 5.82 Å². The second kappa shape index (κ2) is 7.78. The zero-order valence-electron chi connectivity index (χ0n) is 17.6. The molecule has 0 bridgehead atoms. The molecule has 2 saturated heterocycles. The fourth-order valence-electron chi connectivity index (χ4n) is 4.84. The maximum Gasteiger partial charge on any atom is 0.143 e. The first kappa shape index (κ1) is 19.0. The van der Waals surface area contributed by atoms with Crippen LogP contribution in [-0.2, 0) is 9.47 Å². The molecule has 0 saturated carbocycles. The van der Waals surface area contributed by atoms with Gasteiger partial charge in [0.05, 0.1) is 43.4 Å². The van der Waals surface area contributed by atoms with Gasteiger partial charge in [0, 0.05) is 30.3 Å². The number of hydrogen-bond donors (Lipinski definition) is 2. The van der Waals surface area contributed by atoms with Crippen molar-refractivity contribution in [2.24, 2.45) is 0 Å². The van der Waals surface area contributed by atoms with Crippen LogP contribution in [0.3, 0.4) is 0 Å². The van der Waals surface area contributed by atoms with Crippen molar-refractivity contribution in [3.63, 3.8) is 0 Å². The summed E-state index contributed by atoms with van der Waals surface area (Å²) in [4.78, 5) is 15.0. The van der Waals surface area contributed by atoms with Gasteiger partial charge in [-0.3, -0.25) is 4.90 Å². The number of hydrogen-bond acceptors (Lipinski definition) is 7. The smallest absolute Gasteiger partial charge is 0.143 e. The van der Waals surface area contributed by atoms with Gasteiger partial charge in [0.1, 0.15) is 30.1 Å². The van der Waals surface area contributed by atoms with Crippen LogP contribution in [0.15, 0.2) is 36.7 Å². The maximum absolute atomic E-state index is 6.16. The molecule has 0 aliphatic carbocycles. The average molecular weight is 422 g/mol. The van der Waals surface area contributed by atoms with Gasteiger partial charge in [-0.05, 0) is 19.1 Å². The van der Waals surface area contributed by atoms with E-state index in [4.69, 9.17) is 14.2 Å². The van der Waals surface area contributed by atoms with Crippen molar-refractivity contribution in [3.05, 3.63) is 47.9 Å². The van der Waals surface area contributed by atoms with Crippen molar-refractivity contribution in [1.82, 2.24) is 19.9 Å². The van der Waals surface area contributed by atoms with Gasteiger partial charge in [0.15, 0.2) is 0 Å². The molecule has 31 heavy (non-hydrogen) atoms. The lowest BCUT2D eigenvalue weighted by Gasteiger charge is -2.43. The second-order valence-corrected chi connectivity index (χ2v) is 8.66. The lowest BCUT2D eigenvalue weighted by atomic mass is 9.94. The molecule has 162 valence electrons. The van der Waals surface area contributed by atoms with Crippen LogP contribution < -0.4 is 10.1 Å². The first-order valence-electron chi connectivity index (χ1n) is 11.0. The lowest BCUT2D eigenvalue weighted by molar-refractivity contribution is -0.0465. The van der Waals surface area contributed by atoms with Gasteiger partial charge in [-0.15, -0.1) is 0 Å². The number of aromatic amines is 1. The lowest BCUT2D eigenvalue weighted by Crippen LogP contribution is -2.54. The third-order valence-corrected chi connectivity index (χ3v) is 6.61. The predicted octanol–water partition coefficient (Wildman–Crippen LogP) is 2.71. The highest BCUT2D eigenvalue weighted by Gasteiger charge is 2.37. The monoisotopic (exact) mass is 421 g/mol. The van der Waals surface area contributed by atoms with Crippen molar-refractivity contribution in [2.75, 3.05) is 44.8 Å². The summed E-state index contributed by atoms with van der Waals surface area (Å²) < 4.78 is 17.3. The normalized spacial score (nSPS) is 26.8. The Morgan fingerprint density at radius 2 is 2.06 bits per heavy atom. The summed E-state index contributed by atoms with van der Waals surface area (Å²) in [6, 6.07) is 10.7. The third-order valence-electron chi connectivity index (χ3n) is 6.61. The van der Waals surface area contributed by atoms with E-state index in [9.17, 15) is 0 Å². The van der Waals surface area contributed by atoms with E-state index in [0.717, 1.165) is 66.8 Å². The number of fused-ring (bicyclic) bond motifs is 2. The van der Waals surface area contributed by atoms with Gasteiger partial charge in [-0.2, -0.15) is 0 Å². The summed E-state index contributed by atoms with van der Waals surface area (Å²) in [6.45, 7) is 6.81. The number of rotatable bonds is 4. The highest BCUT2D eigenvalue weighted by molar-refractivity contribution is 5.88. The summed E-state index contributed by atoms with van der Waals surface area (Å²) in [7, 11) is 0. The van der Waals surface area contributed by atoms with E-state index in [1.165, 1.54) is 0 Å². The number of nitrogens with zero attached hydrogens (tertiary/aromatic N) is 3. The SMILES string of the molecule is C[C@@H]1CN([C@H]2COc3ccccc3[C@@H]2Nc2ncnc3[nH]c(C4COC4)cc23)CCO1. The molecule has 0 radical (unpaired) electrons. The molecule has 2 fully saturated rings. The summed E-state index contributed by atoms with van der Waals surface area (Å²) >= 11 is 0. The van der Waals surface area contributed by atoms with Gasteiger partial charge < -0.3 is 24.5 Å². The van der Waals surface area contributed by atoms with E-state index in [1.807, 2.05) is 12.1 Å². The number of morpholine rings is 1. The molecule has 0 amide bonds. The number of ether oxygens (including phenoxy) is 3. The fraction of sp³-hybridized carbons (Fsp3) is 0.478. The molecule has 0 unspecified atom stereocenters. The number of benzene rings is 1. The molecule has 3 aliphatic heterocycles. The Balaban J connectivity index is 1.37. The fourth-order valence-corrected chi connectivity index (χ4v) is 4.84. The molecule has 5 heterocycles. The van der Waals surface area contributed by atoms with Gasteiger partial charge in [0.2, 0.25) is 0 Å². The second-order valence-electron chi connectivity index (χ2n) is 8.66. The highest BCUT2D eigenvalue weighted by Crippen LogP contribution is 2.38. The third kappa shape index (κ3) is 3.44. The zero-order valence-corrected chi connectivity index (χ0v) is 17.6. The van der Waals surface area contributed by atoms with Crippen molar-refractivity contribution in [2.45, 2.75) is 31.0 Å². The molecule has 6 rings (SSSR count). The van der Waals surface area contributed by atoms with Gasteiger partial charge >= 0.3 is 0 Å². The molecule has 3 atom stereocenters. The number of para-hydroxylation sites is 1. The van der Waals surface area contributed by atoms with Crippen molar-refractivity contribution in [1.29, 1.82) is 0 Å². The van der Waals surface area contributed by atoms with Crippen LogP contribution in [-0.4, -0.2) is 71.5 Å². The predicted molar refractivity (Wildman–Crippen MR) is 117 cm³/mol. The van der Waals surface area contributed by atoms with Crippen molar-refractivity contribution < 1.29 is 14.2 Å². The van der Waals surface area contributed by atoms with Gasteiger partial charge in [0.25, 0.3) is 0 Å². The quantitative estimate of drug-likeness (QED) is 0.670. The number of anilines is 1. The van der Waals surface area contributed by atoms with Crippen LogP contribution in [0, 0.1) is 0 Å². The first-order chi connectivity index (χ1) is 15.3. The van der Waals surface area contributed by atoms with Crippen LogP contribution >= 0.6 is 0 Å². The van der Waals surface area contributed by atoms with Crippen molar-refractivity contribution in [3.8, 4) is 5.75 Å². The Morgan fingerprint density at radius 3 is 2.90 bits per heavy atom. The summed E-state index contributed by atoms with van der Waals surface area (Å²) in [5, 5.41) is 4.78. The Morgan fingerprint density at radius 1 is 1.16 bits per heavy atom. The van der Waals surface area contributed by atoms with Gasteiger partial charge in [-0.1, -0.05) is 18.2 Å². The van der Waals surface area contributed by atoms with Crippen LogP contribution in [0.1, 0.15) is 30.1 Å². The molecule has 1 aromatic carbocycles.